The molecule has 1 heterocycles. The van der Waals surface area contributed by atoms with Crippen LogP contribution < -0.4 is 5.32 Å². The average Bonchev–Trinajstić information content (AvgIpc) is 2.92. The van der Waals surface area contributed by atoms with Crippen molar-refractivity contribution in [1.29, 1.82) is 0 Å². The van der Waals surface area contributed by atoms with Crippen LogP contribution >= 0.6 is 0 Å². The van der Waals surface area contributed by atoms with Crippen molar-refractivity contribution in [1.82, 2.24) is 10.2 Å². The lowest BCUT2D eigenvalue weighted by atomic mass is 10.0. The molecule has 0 bridgehead atoms. The summed E-state index contributed by atoms with van der Waals surface area (Å²) in [6, 6.07) is 11.4. The third-order valence-electron chi connectivity index (χ3n) is 4.45. The lowest BCUT2D eigenvalue weighted by Crippen LogP contribution is -2.28. The highest BCUT2D eigenvalue weighted by Gasteiger charge is 2.22. The Bertz CT molecular complexity index is 363. The number of benzene rings is 1. The molecule has 2 rings (SSSR count). The minimum atomic E-state index is 0.506. The van der Waals surface area contributed by atoms with Gasteiger partial charge in [-0.3, -0.25) is 0 Å². The van der Waals surface area contributed by atoms with Crippen LogP contribution in [0.25, 0.3) is 0 Å². The molecule has 1 saturated heterocycles. The van der Waals surface area contributed by atoms with Crippen LogP contribution in [-0.4, -0.2) is 31.1 Å². The Morgan fingerprint density at radius 1 is 1.25 bits per heavy atom. The van der Waals surface area contributed by atoms with Gasteiger partial charge >= 0.3 is 0 Å². The summed E-state index contributed by atoms with van der Waals surface area (Å²) in [6.45, 7) is 9.40. The maximum atomic E-state index is 3.63. The number of hydrogen-bond donors (Lipinski definition) is 1. The van der Waals surface area contributed by atoms with E-state index in [0.29, 0.717) is 6.04 Å². The molecule has 1 aromatic rings. The number of likely N-dealkylation sites (tertiary alicyclic amines) is 1. The van der Waals surface area contributed by atoms with Gasteiger partial charge in [-0.05, 0) is 50.4 Å². The molecule has 20 heavy (non-hydrogen) atoms. The van der Waals surface area contributed by atoms with Gasteiger partial charge in [-0.2, -0.15) is 0 Å². The van der Waals surface area contributed by atoms with E-state index in [9.17, 15) is 0 Å². The molecule has 0 saturated carbocycles. The highest BCUT2D eigenvalue weighted by atomic mass is 15.1. The first-order valence-corrected chi connectivity index (χ1v) is 8.34. The summed E-state index contributed by atoms with van der Waals surface area (Å²) in [6.07, 6.45) is 5.37. The molecule has 2 atom stereocenters. The van der Waals surface area contributed by atoms with Gasteiger partial charge < -0.3 is 10.2 Å². The van der Waals surface area contributed by atoms with Crippen LogP contribution in [0, 0.1) is 5.92 Å². The zero-order valence-electron chi connectivity index (χ0n) is 13.1. The second-order valence-electron chi connectivity index (χ2n) is 6.05. The van der Waals surface area contributed by atoms with Gasteiger partial charge in [0, 0.05) is 12.6 Å². The Labute approximate surface area is 124 Å². The Morgan fingerprint density at radius 3 is 2.75 bits per heavy atom. The molecule has 0 spiro atoms. The molecule has 1 aliphatic rings. The van der Waals surface area contributed by atoms with Crippen molar-refractivity contribution in [2.75, 3.05) is 26.2 Å². The molecule has 1 aliphatic heterocycles. The number of nitrogens with zero attached hydrogens (tertiary/aromatic N) is 1. The Kier molecular flexibility index (Phi) is 6.55. The van der Waals surface area contributed by atoms with Crippen molar-refractivity contribution in [3.8, 4) is 0 Å². The zero-order valence-corrected chi connectivity index (χ0v) is 13.1. The molecule has 2 unspecified atom stereocenters. The summed E-state index contributed by atoms with van der Waals surface area (Å²) < 4.78 is 0. The molecule has 1 aromatic carbocycles. The van der Waals surface area contributed by atoms with Crippen molar-refractivity contribution in [2.24, 2.45) is 5.92 Å². The van der Waals surface area contributed by atoms with Gasteiger partial charge in [-0.15, -0.1) is 0 Å². The first kappa shape index (κ1) is 15.5. The average molecular weight is 274 g/mol. The largest absolute Gasteiger partial charge is 0.310 e. The third kappa shape index (κ3) is 4.60. The molecule has 0 aromatic heterocycles. The van der Waals surface area contributed by atoms with Crippen LogP contribution in [0.15, 0.2) is 30.3 Å². The SMILES string of the molecule is CCCC1CCN(CCC(NCC)c2ccccc2)C1. The molecule has 2 nitrogen and oxygen atoms in total. The maximum absolute atomic E-state index is 3.63. The summed E-state index contributed by atoms with van der Waals surface area (Å²) in [4.78, 5) is 2.66. The van der Waals surface area contributed by atoms with Crippen LogP contribution in [0.2, 0.25) is 0 Å². The number of nitrogens with one attached hydrogen (secondary N) is 1. The van der Waals surface area contributed by atoms with Gasteiger partial charge in [-0.25, -0.2) is 0 Å². The topological polar surface area (TPSA) is 15.3 Å². The van der Waals surface area contributed by atoms with E-state index in [0.717, 1.165) is 12.5 Å². The first-order chi connectivity index (χ1) is 9.83. The highest BCUT2D eigenvalue weighted by molar-refractivity contribution is 5.18. The van der Waals surface area contributed by atoms with Gasteiger partial charge in [0.25, 0.3) is 0 Å². The maximum Gasteiger partial charge on any atom is 0.0332 e. The van der Waals surface area contributed by atoms with Gasteiger partial charge in [0.1, 0.15) is 0 Å². The molecule has 2 heteroatoms. The van der Waals surface area contributed by atoms with Crippen LogP contribution in [0.5, 0.6) is 0 Å². The fraction of sp³-hybridized carbons (Fsp3) is 0.667. The normalized spacial score (nSPS) is 21.2. The predicted molar refractivity (Wildman–Crippen MR) is 86.9 cm³/mol. The second kappa shape index (κ2) is 8.43. The van der Waals surface area contributed by atoms with Gasteiger partial charge in [0.15, 0.2) is 0 Å². The van der Waals surface area contributed by atoms with Crippen LogP contribution in [0.4, 0.5) is 0 Å². The quantitative estimate of drug-likeness (QED) is 0.774. The van der Waals surface area contributed by atoms with E-state index in [2.05, 4.69) is 54.4 Å². The fourth-order valence-electron chi connectivity index (χ4n) is 3.39. The number of hydrogen-bond acceptors (Lipinski definition) is 2. The summed E-state index contributed by atoms with van der Waals surface area (Å²) in [5.74, 6) is 0.953. The summed E-state index contributed by atoms with van der Waals surface area (Å²) >= 11 is 0. The third-order valence-corrected chi connectivity index (χ3v) is 4.45. The standard InChI is InChI=1S/C18H30N2/c1-3-8-16-11-13-20(15-16)14-12-18(19-4-2)17-9-6-5-7-10-17/h5-7,9-10,16,18-19H,3-4,8,11-15H2,1-2H3. The molecule has 1 fully saturated rings. The smallest absolute Gasteiger partial charge is 0.0332 e. The minimum Gasteiger partial charge on any atom is -0.310 e. The Balaban J connectivity index is 1.81. The van der Waals surface area contributed by atoms with Crippen LogP contribution in [-0.2, 0) is 0 Å². The first-order valence-electron chi connectivity index (χ1n) is 8.34. The Hall–Kier alpha value is -0.860. The fourth-order valence-corrected chi connectivity index (χ4v) is 3.39. The summed E-state index contributed by atoms with van der Waals surface area (Å²) in [5, 5.41) is 3.63. The summed E-state index contributed by atoms with van der Waals surface area (Å²) in [5.41, 5.74) is 1.43. The van der Waals surface area contributed by atoms with E-state index in [1.807, 2.05) is 0 Å². The number of rotatable bonds is 8. The highest BCUT2D eigenvalue weighted by Crippen LogP contribution is 2.23. The summed E-state index contributed by atoms with van der Waals surface area (Å²) in [7, 11) is 0. The van der Waals surface area contributed by atoms with Gasteiger partial charge in [-0.1, -0.05) is 50.6 Å². The van der Waals surface area contributed by atoms with E-state index in [1.54, 1.807) is 0 Å². The molecule has 0 aliphatic carbocycles. The molecule has 112 valence electrons. The minimum absolute atomic E-state index is 0.506. The molecule has 0 radical (unpaired) electrons. The van der Waals surface area contributed by atoms with Gasteiger partial charge in [0.2, 0.25) is 0 Å². The van der Waals surface area contributed by atoms with E-state index >= 15 is 0 Å². The Morgan fingerprint density at radius 2 is 2.05 bits per heavy atom. The van der Waals surface area contributed by atoms with Crippen molar-refractivity contribution in [2.45, 2.75) is 45.6 Å². The van der Waals surface area contributed by atoms with E-state index in [1.165, 1.54) is 50.9 Å². The van der Waals surface area contributed by atoms with E-state index in [4.69, 9.17) is 0 Å². The van der Waals surface area contributed by atoms with Crippen molar-refractivity contribution >= 4 is 0 Å². The van der Waals surface area contributed by atoms with E-state index in [-0.39, 0.29) is 0 Å². The predicted octanol–water partition coefficient (Wildman–Crippen LogP) is 3.85. The molecule has 1 N–H and O–H groups in total. The van der Waals surface area contributed by atoms with Crippen molar-refractivity contribution in [3.63, 3.8) is 0 Å². The van der Waals surface area contributed by atoms with Crippen molar-refractivity contribution in [3.05, 3.63) is 35.9 Å². The zero-order chi connectivity index (χ0) is 14.2. The molecule has 0 amide bonds. The lowest BCUT2D eigenvalue weighted by molar-refractivity contribution is 0.297. The molecular formula is C18H30N2. The molecular weight excluding hydrogens is 244 g/mol. The van der Waals surface area contributed by atoms with Crippen molar-refractivity contribution < 1.29 is 0 Å². The van der Waals surface area contributed by atoms with Gasteiger partial charge in [0.05, 0.1) is 0 Å². The van der Waals surface area contributed by atoms with E-state index < -0.39 is 0 Å². The van der Waals surface area contributed by atoms with Crippen LogP contribution in [0.1, 0.15) is 51.1 Å². The second-order valence-corrected chi connectivity index (χ2v) is 6.05. The van der Waals surface area contributed by atoms with Crippen LogP contribution in [0.3, 0.4) is 0 Å². The monoisotopic (exact) mass is 274 g/mol. The lowest BCUT2D eigenvalue weighted by Gasteiger charge is -2.22.